The van der Waals surface area contributed by atoms with Crippen molar-refractivity contribution in [2.45, 2.75) is 35.5 Å². The van der Waals surface area contributed by atoms with Crippen molar-refractivity contribution in [3.63, 3.8) is 0 Å². The smallest absolute Gasteiger partial charge is 0.250 e. The van der Waals surface area contributed by atoms with Crippen LogP contribution in [0.2, 0.25) is 5.02 Å². The highest BCUT2D eigenvalue weighted by Crippen LogP contribution is 2.56. The Kier molecular flexibility index (Phi) is 6.38. The first-order valence-electron chi connectivity index (χ1n) is 11.5. The molecule has 7 nitrogen and oxygen atoms in total. The lowest BCUT2D eigenvalue weighted by Crippen LogP contribution is -2.55. The zero-order valence-electron chi connectivity index (χ0n) is 19.5. The number of nitrogens with one attached hydrogen (secondary N) is 1. The molecule has 5 rings (SSSR count). The molecule has 0 saturated heterocycles. The maximum atomic E-state index is 14.3. The molecule has 36 heavy (non-hydrogen) atoms. The van der Waals surface area contributed by atoms with Gasteiger partial charge in [0.15, 0.2) is 0 Å². The Bertz CT molecular complexity index is 1410. The summed E-state index contributed by atoms with van der Waals surface area (Å²) in [6.07, 6.45) is 2.75. The van der Waals surface area contributed by atoms with Gasteiger partial charge in [0.25, 0.3) is 5.92 Å². The Morgan fingerprint density at radius 3 is 2.58 bits per heavy atom. The van der Waals surface area contributed by atoms with Crippen LogP contribution in [0, 0.1) is 0 Å². The number of benzene rings is 2. The molecule has 1 fully saturated rings. The lowest BCUT2D eigenvalue weighted by molar-refractivity contribution is -0.105. The Balaban J connectivity index is 1.34. The molecular weight excluding hydrogens is 510 g/mol. The first kappa shape index (κ1) is 24.9. The number of hydrogen-bond donors (Lipinski definition) is 1. The summed E-state index contributed by atoms with van der Waals surface area (Å²) >= 11 is 6.05. The quantitative estimate of drug-likeness (QED) is 0.440. The van der Waals surface area contributed by atoms with Crippen LogP contribution in [0.4, 0.5) is 8.78 Å². The van der Waals surface area contributed by atoms with Crippen molar-refractivity contribution < 1.29 is 21.9 Å². The Labute approximate surface area is 213 Å². The average Bonchev–Trinajstić information content (AvgIpc) is 3.27. The molecule has 1 N–H and O–H groups in total. The van der Waals surface area contributed by atoms with Gasteiger partial charge < -0.3 is 4.74 Å². The van der Waals surface area contributed by atoms with Gasteiger partial charge in [0.1, 0.15) is 17.3 Å². The zero-order chi connectivity index (χ0) is 25.6. The summed E-state index contributed by atoms with van der Waals surface area (Å²) in [5.41, 5.74) is 2.31. The third-order valence-corrected chi connectivity index (χ3v) is 8.28. The third kappa shape index (κ3) is 4.77. The zero-order valence-corrected chi connectivity index (χ0v) is 21.1. The van der Waals surface area contributed by atoms with E-state index in [2.05, 4.69) is 9.82 Å². The highest BCUT2D eigenvalue weighted by molar-refractivity contribution is 7.89. The van der Waals surface area contributed by atoms with Crippen molar-refractivity contribution in [3.8, 4) is 5.75 Å². The van der Waals surface area contributed by atoms with Gasteiger partial charge in [-0.15, -0.1) is 0 Å². The van der Waals surface area contributed by atoms with Crippen LogP contribution in [-0.4, -0.2) is 49.5 Å². The molecule has 1 aliphatic carbocycles. The van der Waals surface area contributed by atoms with E-state index in [9.17, 15) is 17.2 Å². The molecule has 0 bridgehead atoms. The van der Waals surface area contributed by atoms with Gasteiger partial charge >= 0.3 is 0 Å². The van der Waals surface area contributed by atoms with Crippen molar-refractivity contribution in [3.05, 3.63) is 76.6 Å². The molecule has 1 aliphatic heterocycles. The number of halogens is 3. The van der Waals surface area contributed by atoms with E-state index in [4.69, 9.17) is 21.3 Å². The predicted octanol–water partition coefficient (Wildman–Crippen LogP) is 4.14. The van der Waals surface area contributed by atoms with E-state index < -0.39 is 21.4 Å². The molecule has 0 amide bonds. The summed E-state index contributed by atoms with van der Waals surface area (Å²) in [5, 5.41) is 4.42. The van der Waals surface area contributed by atoms with Crippen LogP contribution in [0.5, 0.6) is 5.75 Å². The molecule has 0 atom stereocenters. The van der Waals surface area contributed by atoms with E-state index in [-0.39, 0.29) is 30.9 Å². The predicted molar refractivity (Wildman–Crippen MR) is 133 cm³/mol. The summed E-state index contributed by atoms with van der Waals surface area (Å²) in [7, 11) is -2.05. The maximum Gasteiger partial charge on any atom is 0.250 e. The molecular formula is C25H25ClF2N4O3S. The largest absolute Gasteiger partial charge is 0.492 e. The second kappa shape index (κ2) is 9.24. The maximum absolute atomic E-state index is 14.3. The number of nitrogens with zero attached hydrogens (tertiary/aromatic N) is 3. The Morgan fingerprint density at radius 1 is 1.17 bits per heavy atom. The number of rotatable bonds is 8. The topological polar surface area (TPSA) is 85.6 Å². The molecule has 1 aromatic heterocycles. The molecule has 2 aliphatic rings. The minimum absolute atomic E-state index is 0.0518. The fourth-order valence-corrected chi connectivity index (χ4v) is 6.06. The van der Waals surface area contributed by atoms with E-state index in [1.807, 2.05) is 18.2 Å². The molecule has 2 heterocycles. The van der Waals surface area contributed by atoms with E-state index >= 15 is 0 Å². The molecule has 190 valence electrons. The number of alkyl halides is 2. The van der Waals surface area contributed by atoms with Crippen molar-refractivity contribution in [1.82, 2.24) is 14.5 Å². The lowest BCUT2D eigenvalue weighted by Gasteiger charge is -2.49. The fraction of sp³-hybridized carbons (Fsp3) is 0.360. The van der Waals surface area contributed by atoms with Crippen LogP contribution < -0.4 is 9.46 Å². The SMILES string of the molecule is Cn1cc(S(=O)(=O)NCCOc2ccc3c(c2)C(C2(c4ccc(Cl)cc4)CC(F)(F)C2)=NCC3)cn1. The minimum atomic E-state index is -3.69. The second-order valence-electron chi connectivity index (χ2n) is 9.19. The lowest BCUT2D eigenvalue weighted by atomic mass is 9.57. The fourth-order valence-electron chi connectivity index (χ4n) is 4.94. The Morgan fingerprint density at radius 2 is 1.92 bits per heavy atom. The molecule has 0 radical (unpaired) electrons. The van der Waals surface area contributed by atoms with Crippen LogP contribution in [0.3, 0.4) is 0 Å². The summed E-state index contributed by atoms with van der Waals surface area (Å²) in [5.74, 6) is -2.25. The minimum Gasteiger partial charge on any atom is -0.492 e. The second-order valence-corrected chi connectivity index (χ2v) is 11.4. The van der Waals surface area contributed by atoms with Crippen LogP contribution in [0.25, 0.3) is 0 Å². The van der Waals surface area contributed by atoms with Crippen molar-refractivity contribution in [1.29, 1.82) is 0 Å². The van der Waals surface area contributed by atoms with Crippen LogP contribution in [0.1, 0.15) is 29.5 Å². The number of fused-ring (bicyclic) bond motifs is 1. The number of ether oxygens (including phenoxy) is 1. The Hall–Kier alpha value is -2.82. The first-order chi connectivity index (χ1) is 17.1. The molecule has 1 saturated carbocycles. The monoisotopic (exact) mass is 534 g/mol. The van der Waals surface area contributed by atoms with Crippen LogP contribution in [-0.2, 0) is 28.9 Å². The average molecular weight is 535 g/mol. The van der Waals surface area contributed by atoms with Gasteiger partial charge in [-0.3, -0.25) is 9.67 Å². The molecule has 2 aromatic carbocycles. The van der Waals surface area contributed by atoms with Gasteiger partial charge in [-0.2, -0.15) is 5.10 Å². The normalized spacial score (nSPS) is 18.2. The van der Waals surface area contributed by atoms with E-state index in [1.54, 1.807) is 31.3 Å². The van der Waals surface area contributed by atoms with Crippen molar-refractivity contribution >= 4 is 27.3 Å². The van der Waals surface area contributed by atoms with Gasteiger partial charge in [-0.25, -0.2) is 21.9 Å². The first-order valence-corrected chi connectivity index (χ1v) is 13.4. The van der Waals surface area contributed by atoms with Gasteiger partial charge in [-0.1, -0.05) is 29.8 Å². The van der Waals surface area contributed by atoms with E-state index in [0.717, 1.165) is 16.7 Å². The van der Waals surface area contributed by atoms with Gasteiger partial charge in [0.2, 0.25) is 10.0 Å². The van der Waals surface area contributed by atoms with Gasteiger partial charge in [0, 0.05) is 55.2 Å². The molecule has 11 heteroatoms. The van der Waals surface area contributed by atoms with Crippen LogP contribution in [0.15, 0.2) is 64.7 Å². The van der Waals surface area contributed by atoms with Crippen molar-refractivity contribution in [2.75, 3.05) is 19.7 Å². The molecule has 0 spiro atoms. The standard InChI is InChI=1S/C25H25ClF2N4O3S/c1-32-14-21(13-30-32)36(33,34)31-10-11-35-20-7-2-17-8-9-29-23(22(17)12-20)24(15-25(27,28)16-24)18-3-5-19(26)6-4-18/h2-7,12-14,31H,8-11,15-16H2,1H3. The third-order valence-electron chi connectivity index (χ3n) is 6.61. The number of aliphatic imine (C=N–C) groups is 1. The summed E-state index contributed by atoms with van der Waals surface area (Å²) in [4.78, 5) is 4.80. The number of aromatic nitrogens is 2. The summed E-state index contributed by atoms with van der Waals surface area (Å²) in [6, 6.07) is 12.6. The molecule has 3 aromatic rings. The molecule has 0 unspecified atom stereocenters. The summed E-state index contributed by atoms with van der Waals surface area (Å²) in [6.45, 7) is 0.668. The van der Waals surface area contributed by atoms with Crippen molar-refractivity contribution in [2.24, 2.45) is 12.0 Å². The number of hydrogen-bond acceptors (Lipinski definition) is 5. The summed E-state index contributed by atoms with van der Waals surface area (Å²) < 4.78 is 62.9. The van der Waals surface area contributed by atoms with Crippen LogP contribution >= 0.6 is 11.6 Å². The number of aryl methyl sites for hydroxylation is 1. The highest BCUT2D eigenvalue weighted by atomic mass is 35.5. The highest BCUT2D eigenvalue weighted by Gasteiger charge is 2.60. The van der Waals surface area contributed by atoms with E-state index in [0.29, 0.717) is 29.4 Å². The van der Waals surface area contributed by atoms with E-state index in [1.165, 1.54) is 17.1 Å². The number of sulfonamides is 1. The van der Waals surface area contributed by atoms with Gasteiger partial charge in [0.05, 0.1) is 11.9 Å². The van der Waals surface area contributed by atoms with Gasteiger partial charge in [-0.05, 0) is 41.8 Å².